The molecule has 0 aliphatic carbocycles. The third kappa shape index (κ3) is 5.39. The predicted octanol–water partition coefficient (Wildman–Crippen LogP) is 5.68. The second-order valence-electron chi connectivity index (χ2n) is 7.59. The highest BCUT2D eigenvalue weighted by Crippen LogP contribution is 2.37. The van der Waals surface area contributed by atoms with Gasteiger partial charge in [0, 0.05) is 23.3 Å². The van der Waals surface area contributed by atoms with Crippen LogP contribution in [0.5, 0.6) is 17.2 Å². The highest BCUT2D eigenvalue weighted by atomic mass is 35.5. The number of fused-ring (bicyclic) bond motifs is 1. The summed E-state index contributed by atoms with van der Waals surface area (Å²) in [5, 5.41) is 11.1. The summed E-state index contributed by atoms with van der Waals surface area (Å²) in [5.41, 5.74) is 1.21. The Hall–Kier alpha value is -2.84. The number of benzene rings is 2. The van der Waals surface area contributed by atoms with E-state index in [9.17, 15) is 9.90 Å². The molecule has 0 fully saturated rings. The van der Waals surface area contributed by atoms with Gasteiger partial charge in [-0.1, -0.05) is 48.8 Å². The minimum Gasteiger partial charge on any atom is -0.497 e. The van der Waals surface area contributed by atoms with Crippen LogP contribution in [0.2, 0.25) is 5.02 Å². The van der Waals surface area contributed by atoms with Gasteiger partial charge in [-0.2, -0.15) is 0 Å². The van der Waals surface area contributed by atoms with E-state index < -0.39 is 12.3 Å². The fraction of sp³-hybridized carbons (Fsp3) is 0.333. The first kappa shape index (κ1) is 23.3. The summed E-state index contributed by atoms with van der Waals surface area (Å²) in [6, 6.07) is 12.9. The van der Waals surface area contributed by atoms with E-state index in [0.717, 1.165) is 24.2 Å². The number of carboxylic acid groups (broad SMARTS) is 1. The molecule has 0 radical (unpaired) electrons. The van der Waals surface area contributed by atoms with Crippen LogP contribution in [-0.2, 0) is 18.7 Å². The lowest BCUT2D eigenvalue weighted by atomic mass is 10.2. The van der Waals surface area contributed by atoms with Crippen molar-refractivity contribution in [2.75, 3.05) is 7.11 Å². The fourth-order valence-electron chi connectivity index (χ4n) is 3.58. The number of hydrogen-bond donors (Lipinski definition) is 1. The lowest BCUT2D eigenvalue weighted by Crippen LogP contribution is -2.27. The standard InChI is InChI=1S/C24H25ClN2O5S/c1-3-4-5-20-26-23(33-14-15-6-9-17(30-2)10-7-15)22(24(28)29)27(20)13-21-31-18-11-8-16(25)12-19(18)32-21/h6-12,21H,3-5,13-14H2,1-2H3,(H,28,29). The zero-order chi connectivity index (χ0) is 23.4. The summed E-state index contributed by atoms with van der Waals surface area (Å²) >= 11 is 7.45. The second-order valence-corrected chi connectivity index (χ2v) is 8.99. The van der Waals surface area contributed by atoms with Crippen LogP contribution in [0.25, 0.3) is 0 Å². The molecular weight excluding hydrogens is 464 g/mol. The van der Waals surface area contributed by atoms with Crippen molar-refractivity contribution in [2.45, 2.75) is 49.8 Å². The van der Waals surface area contributed by atoms with E-state index >= 15 is 0 Å². The van der Waals surface area contributed by atoms with Crippen LogP contribution >= 0.6 is 23.4 Å². The zero-order valence-corrected chi connectivity index (χ0v) is 20.0. The number of imidazole rings is 1. The molecule has 174 valence electrons. The Morgan fingerprint density at radius 2 is 1.97 bits per heavy atom. The maximum atomic E-state index is 12.3. The van der Waals surface area contributed by atoms with Crippen molar-refractivity contribution in [1.82, 2.24) is 9.55 Å². The van der Waals surface area contributed by atoms with Gasteiger partial charge in [0.15, 0.2) is 17.2 Å². The Bertz CT molecular complexity index is 1130. The number of thioether (sulfide) groups is 1. The Kier molecular flexibility index (Phi) is 7.35. The summed E-state index contributed by atoms with van der Waals surface area (Å²) in [5.74, 6) is 2.20. The van der Waals surface area contributed by atoms with Crippen LogP contribution in [-0.4, -0.2) is 34.0 Å². The summed E-state index contributed by atoms with van der Waals surface area (Å²) in [4.78, 5) is 17.0. The maximum Gasteiger partial charge on any atom is 0.355 e. The number of aryl methyl sites for hydroxylation is 1. The van der Waals surface area contributed by atoms with Gasteiger partial charge < -0.3 is 23.9 Å². The Balaban J connectivity index is 1.57. The molecule has 1 aliphatic heterocycles. The van der Waals surface area contributed by atoms with Gasteiger partial charge in [0.05, 0.1) is 13.7 Å². The number of halogens is 1. The van der Waals surface area contributed by atoms with Gasteiger partial charge in [-0.25, -0.2) is 9.78 Å². The van der Waals surface area contributed by atoms with Crippen LogP contribution in [0.4, 0.5) is 0 Å². The SMILES string of the molecule is CCCCc1nc(SCc2ccc(OC)cc2)c(C(=O)O)n1CC1Oc2ccc(Cl)cc2O1. The van der Waals surface area contributed by atoms with Gasteiger partial charge in [0.1, 0.15) is 16.6 Å². The first-order chi connectivity index (χ1) is 16.0. The molecule has 7 nitrogen and oxygen atoms in total. The van der Waals surface area contributed by atoms with E-state index in [2.05, 4.69) is 6.92 Å². The number of hydrogen-bond acceptors (Lipinski definition) is 6. The highest BCUT2D eigenvalue weighted by molar-refractivity contribution is 7.98. The molecule has 0 spiro atoms. The lowest BCUT2D eigenvalue weighted by Gasteiger charge is -2.15. The Labute approximate surface area is 201 Å². The largest absolute Gasteiger partial charge is 0.497 e. The van der Waals surface area contributed by atoms with Crippen molar-refractivity contribution in [3.8, 4) is 17.2 Å². The number of nitrogens with zero attached hydrogens (tertiary/aromatic N) is 2. The van der Waals surface area contributed by atoms with Crippen LogP contribution in [0.1, 0.15) is 41.6 Å². The number of methoxy groups -OCH3 is 1. The van der Waals surface area contributed by atoms with Crippen molar-refractivity contribution in [3.05, 3.63) is 64.6 Å². The average Bonchev–Trinajstić information content (AvgIpc) is 3.36. The molecule has 1 unspecified atom stereocenters. The van der Waals surface area contributed by atoms with Crippen LogP contribution in [0.15, 0.2) is 47.5 Å². The summed E-state index contributed by atoms with van der Waals surface area (Å²) in [7, 11) is 1.62. The summed E-state index contributed by atoms with van der Waals surface area (Å²) in [6.45, 7) is 2.30. The molecule has 4 rings (SSSR count). The van der Waals surface area contributed by atoms with Crippen LogP contribution in [0.3, 0.4) is 0 Å². The second kappa shape index (κ2) is 10.4. The number of carbonyl (C=O) groups is 1. The van der Waals surface area contributed by atoms with E-state index in [1.54, 1.807) is 29.9 Å². The molecule has 0 saturated carbocycles. The van der Waals surface area contributed by atoms with Gasteiger partial charge in [-0.15, -0.1) is 0 Å². The summed E-state index contributed by atoms with van der Waals surface area (Å²) in [6.07, 6.45) is 1.89. The number of aromatic nitrogens is 2. The number of unbranched alkanes of at least 4 members (excludes halogenated alkanes) is 1. The molecule has 2 aromatic carbocycles. The van der Waals surface area contributed by atoms with Crippen LogP contribution in [0, 0.1) is 0 Å². The van der Waals surface area contributed by atoms with E-state index in [4.69, 9.17) is 30.8 Å². The number of rotatable bonds is 10. The van der Waals surface area contributed by atoms with Gasteiger partial charge in [-0.05, 0) is 36.2 Å². The number of ether oxygens (including phenoxy) is 3. The third-order valence-corrected chi connectivity index (χ3v) is 6.53. The average molecular weight is 489 g/mol. The quantitative estimate of drug-likeness (QED) is 0.368. The molecule has 3 aromatic rings. The molecule has 9 heteroatoms. The minimum absolute atomic E-state index is 0.154. The fourth-order valence-corrected chi connectivity index (χ4v) is 4.74. The van der Waals surface area contributed by atoms with Crippen LogP contribution < -0.4 is 14.2 Å². The van der Waals surface area contributed by atoms with Crippen molar-refractivity contribution in [1.29, 1.82) is 0 Å². The molecular formula is C24H25ClN2O5S. The molecule has 1 atom stereocenters. The molecule has 1 aromatic heterocycles. The molecule has 0 saturated heterocycles. The predicted molar refractivity (Wildman–Crippen MR) is 127 cm³/mol. The number of carboxylic acids is 1. The van der Waals surface area contributed by atoms with Crippen molar-refractivity contribution in [3.63, 3.8) is 0 Å². The molecule has 1 N–H and O–H groups in total. The third-order valence-electron chi connectivity index (χ3n) is 5.26. The Morgan fingerprint density at radius 1 is 1.21 bits per heavy atom. The van der Waals surface area contributed by atoms with E-state index in [1.807, 2.05) is 24.3 Å². The lowest BCUT2D eigenvalue weighted by molar-refractivity contribution is 0.0317. The number of aromatic carboxylic acids is 1. The minimum atomic E-state index is -1.03. The van der Waals surface area contributed by atoms with E-state index in [1.165, 1.54) is 11.8 Å². The first-order valence-corrected chi connectivity index (χ1v) is 12.1. The molecule has 0 amide bonds. The van der Waals surface area contributed by atoms with Gasteiger partial charge in [0.2, 0.25) is 0 Å². The Morgan fingerprint density at radius 3 is 2.67 bits per heavy atom. The molecule has 33 heavy (non-hydrogen) atoms. The van der Waals surface area contributed by atoms with E-state index in [-0.39, 0.29) is 12.2 Å². The van der Waals surface area contributed by atoms with Gasteiger partial charge >= 0.3 is 5.97 Å². The van der Waals surface area contributed by atoms with Crippen molar-refractivity contribution < 1.29 is 24.1 Å². The molecule has 2 heterocycles. The van der Waals surface area contributed by atoms with Gasteiger partial charge in [-0.3, -0.25) is 0 Å². The molecule has 1 aliphatic rings. The molecule has 0 bridgehead atoms. The van der Waals surface area contributed by atoms with Gasteiger partial charge in [0.25, 0.3) is 6.29 Å². The zero-order valence-electron chi connectivity index (χ0n) is 18.4. The van der Waals surface area contributed by atoms with Crippen molar-refractivity contribution in [2.24, 2.45) is 0 Å². The summed E-state index contributed by atoms with van der Waals surface area (Å²) < 4.78 is 18.7. The topological polar surface area (TPSA) is 82.8 Å². The smallest absolute Gasteiger partial charge is 0.355 e. The highest BCUT2D eigenvalue weighted by Gasteiger charge is 2.30. The monoisotopic (exact) mass is 488 g/mol. The normalized spacial score (nSPS) is 14.5. The first-order valence-electron chi connectivity index (χ1n) is 10.7. The van der Waals surface area contributed by atoms with Crippen molar-refractivity contribution >= 4 is 29.3 Å². The van der Waals surface area contributed by atoms with E-state index in [0.29, 0.717) is 39.5 Å². The maximum absolute atomic E-state index is 12.3.